The zero-order chi connectivity index (χ0) is 8.27. The monoisotopic (exact) mass is 148 g/mol. The highest BCUT2D eigenvalue weighted by Crippen LogP contribution is 2.09. The number of hydrogen-bond acceptors (Lipinski definition) is 2. The van der Waals surface area contributed by atoms with Crippen LogP contribution in [0.25, 0.3) is 6.08 Å². The van der Waals surface area contributed by atoms with Crippen molar-refractivity contribution < 1.29 is 0 Å². The topological polar surface area (TPSA) is 38.9 Å². The van der Waals surface area contributed by atoms with Crippen LogP contribution in [0.5, 0.6) is 0 Å². The summed E-state index contributed by atoms with van der Waals surface area (Å²) in [6.45, 7) is 3.93. The minimum absolute atomic E-state index is 0.579. The molecule has 0 atom stereocenters. The maximum Gasteiger partial charge on any atom is 0.123 e. The molecule has 11 heavy (non-hydrogen) atoms. The van der Waals surface area contributed by atoms with E-state index in [1.807, 2.05) is 38.1 Å². The van der Waals surface area contributed by atoms with E-state index < -0.39 is 0 Å². The van der Waals surface area contributed by atoms with Crippen molar-refractivity contribution in [1.29, 1.82) is 0 Å². The van der Waals surface area contributed by atoms with Gasteiger partial charge < -0.3 is 5.73 Å². The first-order valence-corrected chi connectivity index (χ1v) is 3.60. The van der Waals surface area contributed by atoms with Gasteiger partial charge in [-0.25, -0.2) is 4.98 Å². The van der Waals surface area contributed by atoms with E-state index in [4.69, 9.17) is 5.73 Å². The third-order valence-corrected chi connectivity index (χ3v) is 1.49. The smallest absolute Gasteiger partial charge is 0.123 e. The van der Waals surface area contributed by atoms with Gasteiger partial charge in [-0.15, -0.1) is 0 Å². The maximum atomic E-state index is 5.49. The van der Waals surface area contributed by atoms with E-state index in [2.05, 4.69) is 4.98 Å². The normalized spacial score (nSPS) is 10.7. The van der Waals surface area contributed by atoms with Crippen LogP contribution in [0.1, 0.15) is 18.2 Å². The first-order chi connectivity index (χ1) is 5.24. The van der Waals surface area contributed by atoms with Crippen molar-refractivity contribution in [3.05, 3.63) is 29.5 Å². The van der Waals surface area contributed by atoms with Gasteiger partial charge >= 0.3 is 0 Å². The van der Waals surface area contributed by atoms with Crippen LogP contribution in [-0.2, 0) is 0 Å². The molecular weight excluding hydrogens is 136 g/mol. The second kappa shape index (κ2) is 3.19. The lowest BCUT2D eigenvalue weighted by atomic mass is 10.2. The Labute approximate surface area is 66.8 Å². The summed E-state index contributed by atoms with van der Waals surface area (Å²) in [5.74, 6) is 0.579. The lowest BCUT2D eigenvalue weighted by molar-refractivity contribution is 1.20. The van der Waals surface area contributed by atoms with Crippen LogP contribution in [0.2, 0.25) is 0 Å². The minimum Gasteiger partial charge on any atom is -0.384 e. The number of rotatable bonds is 1. The van der Waals surface area contributed by atoms with Crippen LogP contribution in [0.15, 0.2) is 18.2 Å². The van der Waals surface area contributed by atoms with E-state index >= 15 is 0 Å². The lowest BCUT2D eigenvalue weighted by Gasteiger charge is -1.99. The molecule has 1 heterocycles. The number of hydrogen-bond donors (Lipinski definition) is 1. The van der Waals surface area contributed by atoms with Gasteiger partial charge in [0.1, 0.15) is 5.82 Å². The summed E-state index contributed by atoms with van der Waals surface area (Å²) in [5.41, 5.74) is 7.59. The quantitative estimate of drug-likeness (QED) is 0.661. The molecule has 1 aromatic rings. The van der Waals surface area contributed by atoms with Crippen LogP contribution in [0, 0.1) is 6.92 Å². The second-order valence-electron chi connectivity index (χ2n) is 2.41. The van der Waals surface area contributed by atoms with Gasteiger partial charge in [-0.05, 0) is 31.5 Å². The van der Waals surface area contributed by atoms with Crippen molar-refractivity contribution in [3.63, 3.8) is 0 Å². The van der Waals surface area contributed by atoms with Gasteiger partial charge in [0.2, 0.25) is 0 Å². The highest BCUT2D eigenvalue weighted by atomic mass is 14.8. The molecule has 2 nitrogen and oxygen atoms in total. The van der Waals surface area contributed by atoms with Crippen molar-refractivity contribution in [1.82, 2.24) is 4.98 Å². The zero-order valence-corrected chi connectivity index (χ0v) is 6.83. The zero-order valence-electron chi connectivity index (χ0n) is 6.83. The first-order valence-electron chi connectivity index (χ1n) is 3.60. The highest BCUT2D eigenvalue weighted by molar-refractivity contribution is 5.53. The van der Waals surface area contributed by atoms with Gasteiger partial charge in [-0.1, -0.05) is 12.2 Å². The van der Waals surface area contributed by atoms with Crippen LogP contribution >= 0.6 is 0 Å². The fraction of sp³-hybridized carbons (Fsp3) is 0.222. The lowest BCUT2D eigenvalue weighted by Crippen LogP contribution is -1.93. The predicted molar refractivity (Wildman–Crippen MR) is 48.1 cm³/mol. The number of aryl methyl sites for hydroxylation is 1. The molecule has 0 aliphatic heterocycles. The van der Waals surface area contributed by atoms with Crippen molar-refractivity contribution in [2.75, 3.05) is 5.73 Å². The molecule has 0 saturated carbocycles. The number of aromatic nitrogens is 1. The summed E-state index contributed by atoms with van der Waals surface area (Å²) in [6.07, 6.45) is 4.00. The highest BCUT2D eigenvalue weighted by Gasteiger charge is 1.94. The second-order valence-corrected chi connectivity index (χ2v) is 2.41. The van der Waals surface area contributed by atoms with Gasteiger partial charge in [-0.2, -0.15) is 0 Å². The Morgan fingerprint density at radius 1 is 1.45 bits per heavy atom. The average molecular weight is 148 g/mol. The van der Waals surface area contributed by atoms with Gasteiger partial charge in [0.05, 0.1) is 0 Å². The molecule has 0 fully saturated rings. The summed E-state index contributed by atoms with van der Waals surface area (Å²) >= 11 is 0. The third-order valence-electron chi connectivity index (χ3n) is 1.49. The van der Waals surface area contributed by atoms with E-state index in [0.717, 1.165) is 11.3 Å². The molecule has 1 aromatic heterocycles. The minimum atomic E-state index is 0.579. The van der Waals surface area contributed by atoms with Gasteiger partial charge in [-0.3, -0.25) is 0 Å². The van der Waals surface area contributed by atoms with Gasteiger partial charge in [0.25, 0.3) is 0 Å². The largest absolute Gasteiger partial charge is 0.384 e. The van der Waals surface area contributed by atoms with Crippen molar-refractivity contribution in [3.8, 4) is 0 Å². The Bertz CT molecular complexity index is 277. The van der Waals surface area contributed by atoms with E-state index in [9.17, 15) is 0 Å². The molecule has 0 unspecified atom stereocenters. The fourth-order valence-electron chi connectivity index (χ4n) is 0.947. The van der Waals surface area contributed by atoms with Crippen LogP contribution in [0.4, 0.5) is 5.82 Å². The number of allylic oxidation sites excluding steroid dienone is 1. The first kappa shape index (κ1) is 7.79. The molecule has 0 aliphatic carbocycles. The Balaban J connectivity index is 3.09. The molecule has 0 aliphatic rings. The van der Waals surface area contributed by atoms with E-state index in [1.165, 1.54) is 0 Å². The number of nitrogen functional groups attached to an aromatic ring is 1. The molecule has 0 amide bonds. The van der Waals surface area contributed by atoms with Crippen LogP contribution in [-0.4, -0.2) is 4.98 Å². The summed E-state index contributed by atoms with van der Waals surface area (Å²) in [4.78, 5) is 4.12. The molecule has 2 N–H and O–H groups in total. The van der Waals surface area contributed by atoms with E-state index in [-0.39, 0.29) is 0 Å². The van der Waals surface area contributed by atoms with Crippen LogP contribution in [0.3, 0.4) is 0 Å². The summed E-state index contributed by atoms with van der Waals surface area (Å²) in [5, 5.41) is 0. The Morgan fingerprint density at radius 3 is 2.73 bits per heavy atom. The summed E-state index contributed by atoms with van der Waals surface area (Å²) < 4.78 is 0. The Kier molecular flexibility index (Phi) is 2.26. The maximum absolute atomic E-state index is 5.49. The van der Waals surface area contributed by atoms with E-state index in [1.54, 1.807) is 0 Å². The molecule has 2 heteroatoms. The predicted octanol–water partition coefficient (Wildman–Crippen LogP) is 2.01. The Hall–Kier alpha value is -1.31. The molecule has 58 valence electrons. The molecule has 0 bridgehead atoms. The third kappa shape index (κ3) is 1.80. The summed E-state index contributed by atoms with van der Waals surface area (Å²) in [6, 6.07) is 3.78. The number of nitrogens with zero attached hydrogens (tertiary/aromatic N) is 1. The van der Waals surface area contributed by atoms with Gasteiger partial charge in [0.15, 0.2) is 0 Å². The Morgan fingerprint density at radius 2 is 2.18 bits per heavy atom. The number of anilines is 1. The number of pyridine rings is 1. The average Bonchev–Trinajstić information content (AvgIpc) is 1.95. The molecule has 0 radical (unpaired) electrons. The van der Waals surface area contributed by atoms with E-state index in [0.29, 0.717) is 5.82 Å². The fourth-order valence-corrected chi connectivity index (χ4v) is 0.947. The molecule has 0 spiro atoms. The molecule has 0 saturated heterocycles. The SMILES string of the molecule is C/C=C/c1ccc(N)nc1C. The van der Waals surface area contributed by atoms with Crippen molar-refractivity contribution in [2.24, 2.45) is 0 Å². The molecule has 1 rings (SSSR count). The molecule has 0 aromatic carbocycles. The van der Waals surface area contributed by atoms with Crippen molar-refractivity contribution in [2.45, 2.75) is 13.8 Å². The standard InChI is InChI=1S/C9H12N2/c1-3-4-8-5-6-9(10)11-7(8)2/h3-6H,1-2H3,(H2,10,11)/b4-3+. The number of nitrogens with two attached hydrogens (primary N) is 1. The van der Waals surface area contributed by atoms with Crippen molar-refractivity contribution >= 4 is 11.9 Å². The van der Waals surface area contributed by atoms with Gasteiger partial charge in [0, 0.05) is 5.69 Å². The van der Waals surface area contributed by atoms with Crippen LogP contribution < -0.4 is 5.73 Å². The summed E-state index contributed by atoms with van der Waals surface area (Å²) in [7, 11) is 0. The molecular formula is C9H12N2.